The number of likely N-dealkylation sites (N-methyl/N-ethyl adjacent to an activating group) is 1. The summed E-state index contributed by atoms with van der Waals surface area (Å²) in [7, 11) is 3.34. The number of rotatable bonds is 4. The molecule has 6 heteroatoms. The topological polar surface area (TPSA) is 49.4 Å². The first-order chi connectivity index (χ1) is 10.4. The largest absolute Gasteiger partial charge is 0.347 e. The quantitative estimate of drug-likeness (QED) is 0.883. The predicted octanol–water partition coefficient (Wildman–Crippen LogP) is 3.38. The molecule has 2 aromatic rings. The predicted molar refractivity (Wildman–Crippen MR) is 93.1 cm³/mol. The number of carbonyl (C=O) groups is 2. The van der Waals surface area contributed by atoms with Crippen LogP contribution in [0.15, 0.2) is 40.9 Å². The Kier molecular flexibility index (Phi) is 5.37. The van der Waals surface area contributed by atoms with Gasteiger partial charge in [-0.1, -0.05) is 28.1 Å². The molecule has 1 N–H and O–H groups in total. The van der Waals surface area contributed by atoms with E-state index in [-0.39, 0.29) is 11.8 Å². The maximum absolute atomic E-state index is 12.2. The summed E-state index contributed by atoms with van der Waals surface area (Å²) in [4.78, 5) is 27.1. The first-order valence-electron chi connectivity index (χ1n) is 6.76. The van der Waals surface area contributed by atoms with Gasteiger partial charge in [-0.25, -0.2) is 0 Å². The van der Waals surface area contributed by atoms with Crippen LogP contribution in [0.1, 0.15) is 16.6 Å². The van der Waals surface area contributed by atoms with Crippen molar-refractivity contribution >= 4 is 39.1 Å². The van der Waals surface area contributed by atoms with Gasteiger partial charge >= 0.3 is 0 Å². The fourth-order valence-corrected chi connectivity index (χ4v) is 3.13. The van der Waals surface area contributed by atoms with Crippen LogP contribution in [0, 0.1) is 0 Å². The van der Waals surface area contributed by atoms with Crippen molar-refractivity contribution in [1.29, 1.82) is 0 Å². The summed E-state index contributed by atoms with van der Waals surface area (Å²) in [6, 6.07) is 11.1. The maximum Gasteiger partial charge on any atom is 0.262 e. The van der Waals surface area contributed by atoms with Crippen molar-refractivity contribution in [1.82, 2.24) is 10.2 Å². The highest BCUT2D eigenvalue weighted by molar-refractivity contribution is 9.10. The van der Waals surface area contributed by atoms with E-state index in [2.05, 4.69) is 21.2 Å². The van der Waals surface area contributed by atoms with E-state index in [4.69, 9.17) is 0 Å². The van der Waals surface area contributed by atoms with Gasteiger partial charge in [-0.05, 0) is 36.8 Å². The van der Waals surface area contributed by atoms with Gasteiger partial charge in [0.25, 0.3) is 5.91 Å². The molecule has 0 fully saturated rings. The molecular formula is C16H17BrN2O2S. The van der Waals surface area contributed by atoms with E-state index >= 15 is 0 Å². The number of nitrogens with zero attached hydrogens (tertiary/aromatic N) is 1. The third kappa shape index (κ3) is 3.96. The lowest BCUT2D eigenvalue weighted by Crippen LogP contribution is -2.44. The van der Waals surface area contributed by atoms with Crippen LogP contribution in [0.5, 0.6) is 0 Å². The van der Waals surface area contributed by atoms with Crippen molar-refractivity contribution in [3.8, 4) is 10.4 Å². The molecule has 0 saturated carbocycles. The second kappa shape index (κ2) is 7.07. The summed E-state index contributed by atoms with van der Waals surface area (Å²) >= 11 is 4.81. The number of hydrogen-bond acceptors (Lipinski definition) is 3. The van der Waals surface area contributed by atoms with Crippen molar-refractivity contribution < 1.29 is 9.59 Å². The lowest BCUT2D eigenvalue weighted by atomic mass is 10.2. The number of benzene rings is 1. The number of amides is 2. The van der Waals surface area contributed by atoms with Gasteiger partial charge in [-0.15, -0.1) is 11.3 Å². The Labute approximate surface area is 142 Å². The first-order valence-corrected chi connectivity index (χ1v) is 8.37. The number of hydrogen-bond donors (Lipinski definition) is 1. The Morgan fingerprint density at radius 3 is 2.36 bits per heavy atom. The Morgan fingerprint density at radius 1 is 1.14 bits per heavy atom. The van der Waals surface area contributed by atoms with Crippen LogP contribution < -0.4 is 5.32 Å². The Balaban J connectivity index is 2.09. The van der Waals surface area contributed by atoms with Gasteiger partial charge in [-0.3, -0.25) is 9.59 Å². The molecule has 1 atom stereocenters. The second-order valence-electron chi connectivity index (χ2n) is 5.10. The number of halogens is 1. The second-order valence-corrected chi connectivity index (χ2v) is 7.10. The van der Waals surface area contributed by atoms with Gasteiger partial charge in [0.1, 0.15) is 6.04 Å². The minimum absolute atomic E-state index is 0.127. The molecule has 22 heavy (non-hydrogen) atoms. The van der Waals surface area contributed by atoms with Crippen LogP contribution in [0.3, 0.4) is 0 Å². The van der Waals surface area contributed by atoms with Gasteiger partial charge < -0.3 is 10.2 Å². The van der Waals surface area contributed by atoms with Crippen molar-refractivity contribution in [2.75, 3.05) is 14.1 Å². The van der Waals surface area contributed by atoms with Crippen molar-refractivity contribution in [2.45, 2.75) is 13.0 Å². The molecule has 0 aliphatic carbocycles. The highest BCUT2D eigenvalue weighted by Crippen LogP contribution is 2.29. The van der Waals surface area contributed by atoms with Gasteiger partial charge in [-0.2, -0.15) is 0 Å². The summed E-state index contributed by atoms with van der Waals surface area (Å²) in [6.45, 7) is 1.68. The van der Waals surface area contributed by atoms with E-state index in [1.54, 1.807) is 27.1 Å². The zero-order valence-corrected chi connectivity index (χ0v) is 15.0. The minimum Gasteiger partial charge on any atom is -0.347 e. The van der Waals surface area contributed by atoms with Gasteiger partial charge in [0, 0.05) is 23.4 Å². The number of thiophene rings is 1. The van der Waals surface area contributed by atoms with Gasteiger partial charge in [0.2, 0.25) is 5.91 Å². The molecule has 0 aliphatic rings. The molecule has 0 spiro atoms. The zero-order chi connectivity index (χ0) is 16.3. The standard InChI is InChI=1S/C16H17BrN2O2S/c1-10(16(21)19(2)3)18-15(20)14-9-8-13(22-14)11-4-6-12(17)7-5-11/h4-10H,1-3H3,(H,18,20)/t10-/m1/s1. The highest BCUT2D eigenvalue weighted by Gasteiger charge is 2.19. The molecule has 1 aromatic heterocycles. The molecule has 2 rings (SSSR count). The molecule has 1 aromatic carbocycles. The lowest BCUT2D eigenvalue weighted by molar-refractivity contribution is -0.130. The van der Waals surface area contributed by atoms with E-state index in [1.807, 2.05) is 30.3 Å². The maximum atomic E-state index is 12.2. The fourth-order valence-electron chi connectivity index (χ4n) is 1.95. The molecule has 0 aliphatic heterocycles. The summed E-state index contributed by atoms with van der Waals surface area (Å²) in [5, 5.41) is 2.72. The van der Waals surface area contributed by atoms with E-state index in [1.165, 1.54) is 16.2 Å². The molecule has 0 radical (unpaired) electrons. The lowest BCUT2D eigenvalue weighted by Gasteiger charge is -2.17. The number of nitrogens with one attached hydrogen (secondary N) is 1. The number of carbonyl (C=O) groups excluding carboxylic acids is 2. The monoisotopic (exact) mass is 380 g/mol. The van der Waals surface area contributed by atoms with E-state index in [9.17, 15) is 9.59 Å². The molecular weight excluding hydrogens is 364 g/mol. The average Bonchev–Trinajstić information content (AvgIpc) is 2.96. The first kappa shape index (κ1) is 16.7. The highest BCUT2D eigenvalue weighted by atomic mass is 79.9. The summed E-state index contributed by atoms with van der Waals surface area (Å²) in [5.41, 5.74) is 1.06. The van der Waals surface area contributed by atoms with Gasteiger partial charge in [0.05, 0.1) is 4.88 Å². The third-order valence-corrected chi connectivity index (χ3v) is 4.78. The average molecular weight is 381 g/mol. The summed E-state index contributed by atoms with van der Waals surface area (Å²) in [5.74, 6) is -0.353. The van der Waals surface area contributed by atoms with E-state index in [0.29, 0.717) is 4.88 Å². The molecule has 0 saturated heterocycles. The Hall–Kier alpha value is -1.66. The molecule has 116 valence electrons. The van der Waals surface area contributed by atoms with Crippen LogP contribution in [-0.4, -0.2) is 36.9 Å². The van der Waals surface area contributed by atoms with Crippen molar-refractivity contribution in [3.63, 3.8) is 0 Å². The molecule has 0 bridgehead atoms. The molecule has 1 heterocycles. The molecule has 4 nitrogen and oxygen atoms in total. The smallest absolute Gasteiger partial charge is 0.262 e. The minimum atomic E-state index is -0.541. The molecule has 0 unspecified atom stereocenters. The van der Waals surface area contributed by atoms with Crippen molar-refractivity contribution in [2.24, 2.45) is 0 Å². The molecule has 2 amide bonds. The van der Waals surface area contributed by atoms with Crippen LogP contribution in [-0.2, 0) is 4.79 Å². The SMILES string of the molecule is C[C@@H](NC(=O)c1ccc(-c2ccc(Br)cc2)s1)C(=O)N(C)C. The summed E-state index contributed by atoms with van der Waals surface area (Å²) < 4.78 is 1.02. The third-order valence-electron chi connectivity index (χ3n) is 3.12. The van der Waals surface area contributed by atoms with Gasteiger partial charge in [0.15, 0.2) is 0 Å². The van der Waals surface area contributed by atoms with Crippen LogP contribution in [0.4, 0.5) is 0 Å². The Bertz CT molecular complexity index is 680. The van der Waals surface area contributed by atoms with Crippen molar-refractivity contribution in [3.05, 3.63) is 45.7 Å². The zero-order valence-electron chi connectivity index (χ0n) is 12.6. The normalized spacial score (nSPS) is 11.8. The van der Waals surface area contributed by atoms with Crippen LogP contribution >= 0.6 is 27.3 Å². The van der Waals surface area contributed by atoms with E-state index in [0.717, 1.165) is 14.9 Å². The fraction of sp³-hybridized carbons (Fsp3) is 0.250. The Morgan fingerprint density at radius 2 is 1.77 bits per heavy atom. The van der Waals surface area contributed by atoms with E-state index < -0.39 is 6.04 Å². The van der Waals surface area contributed by atoms with Crippen LogP contribution in [0.25, 0.3) is 10.4 Å². The van der Waals surface area contributed by atoms with Crippen LogP contribution in [0.2, 0.25) is 0 Å². The summed E-state index contributed by atoms with van der Waals surface area (Å²) in [6.07, 6.45) is 0.